The summed E-state index contributed by atoms with van der Waals surface area (Å²) in [4.78, 5) is 0.454. The minimum atomic E-state index is -3.43. The molecule has 1 N–H and O–H groups in total. The van der Waals surface area contributed by atoms with Crippen LogP contribution in [0.25, 0.3) is 0 Å². The van der Waals surface area contributed by atoms with Crippen LogP contribution in [0.15, 0.2) is 23.1 Å². The highest BCUT2D eigenvalue weighted by Crippen LogP contribution is 2.31. The maximum Gasteiger partial charge on any atom is 0.243 e. The summed E-state index contributed by atoms with van der Waals surface area (Å²) in [6.45, 7) is 6.61. The van der Waals surface area contributed by atoms with E-state index >= 15 is 0 Å². The largest absolute Gasteiger partial charge is 0.316 e. The Morgan fingerprint density at radius 2 is 1.86 bits per heavy atom. The number of rotatable bonds is 4. The predicted molar refractivity (Wildman–Crippen MR) is 85.7 cm³/mol. The number of hydrogen-bond acceptors (Lipinski definition) is 3. The van der Waals surface area contributed by atoms with Crippen molar-refractivity contribution in [1.29, 1.82) is 0 Å². The van der Waals surface area contributed by atoms with Crippen molar-refractivity contribution in [2.45, 2.75) is 63.6 Å². The maximum atomic E-state index is 13.1. The summed E-state index contributed by atoms with van der Waals surface area (Å²) < 4.78 is 27.9. The topological polar surface area (TPSA) is 49.4 Å². The van der Waals surface area contributed by atoms with Crippen molar-refractivity contribution >= 4 is 10.0 Å². The van der Waals surface area contributed by atoms with Gasteiger partial charge < -0.3 is 5.32 Å². The van der Waals surface area contributed by atoms with Crippen molar-refractivity contribution in [1.82, 2.24) is 9.62 Å². The Kier molecular flexibility index (Phi) is 5.07. The van der Waals surface area contributed by atoms with E-state index in [1.165, 1.54) is 0 Å². The zero-order valence-corrected chi connectivity index (χ0v) is 14.2. The van der Waals surface area contributed by atoms with E-state index in [9.17, 15) is 8.42 Å². The third kappa shape index (κ3) is 3.15. The normalized spacial score (nSPS) is 24.2. The van der Waals surface area contributed by atoms with Gasteiger partial charge in [-0.2, -0.15) is 4.31 Å². The fourth-order valence-electron chi connectivity index (χ4n) is 3.31. The fraction of sp³-hybridized carbons (Fsp3) is 0.625. The molecule has 1 heterocycles. The molecular weight excluding hydrogens is 284 g/mol. The SMILES string of the molecule is CNCc1cccc(S(=O)(=O)N2C(C)CCCC2C)c1C. The standard InChI is InChI=1S/C16H26N2O2S/c1-12-7-5-8-13(2)18(12)21(19,20)16-10-6-9-15(11-17-4)14(16)3/h6,9-10,12-13,17H,5,7-8,11H2,1-4H3. The lowest BCUT2D eigenvalue weighted by Gasteiger charge is -2.38. The Morgan fingerprint density at radius 1 is 1.24 bits per heavy atom. The first-order chi connectivity index (χ1) is 9.89. The van der Waals surface area contributed by atoms with E-state index in [0.717, 1.165) is 30.4 Å². The lowest BCUT2D eigenvalue weighted by atomic mass is 10.0. The van der Waals surface area contributed by atoms with Crippen LogP contribution in [0.2, 0.25) is 0 Å². The summed E-state index contributed by atoms with van der Waals surface area (Å²) in [7, 11) is -1.56. The van der Waals surface area contributed by atoms with Crippen LogP contribution in [-0.4, -0.2) is 31.9 Å². The van der Waals surface area contributed by atoms with Crippen LogP contribution in [0.1, 0.15) is 44.2 Å². The summed E-state index contributed by atoms with van der Waals surface area (Å²) in [5.41, 5.74) is 1.90. The molecule has 21 heavy (non-hydrogen) atoms. The first-order valence-electron chi connectivity index (χ1n) is 7.66. The molecule has 0 amide bonds. The van der Waals surface area contributed by atoms with Crippen molar-refractivity contribution in [3.05, 3.63) is 29.3 Å². The molecule has 1 aliphatic rings. The second kappa shape index (κ2) is 6.46. The number of piperidine rings is 1. The predicted octanol–water partition coefficient (Wildman–Crippen LogP) is 2.67. The molecule has 0 aromatic heterocycles. The molecule has 5 heteroatoms. The van der Waals surface area contributed by atoms with Crippen LogP contribution in [0.4, 0.5) is 0 Å². The third-order valence-electron chi connectivity index (χ3n) is 4.43. The molecule has 1 aliphatic heterocycles. The summed E-state index contributed by atoms with van der Waals surface area (Å²) >= 11 is 0. The molecule has 0 aliphatic carbocycles. The lowest BCUT2D eigenvalue weighted by molar-refractivity contribution is 0.204. The summed E-state index contributed by atoms with van der Waals surface area (Å²) in [6.07, 6.45) is 2.99. The molecule has 2 unspecified atom stereocenters. The number of benzene rings is 1. The molecule has 1 saturated heterocycles. The summed E-state index contributed by atoms with van der Waals surface area (Å²) in [5.74, 6) is 0. The Balaban J connectivity index is 2.46. The minimum absolute atomic E-state index is 0.0751. The van der Waals surface area contributed by atoms with Gasteiger partial charge in [0.1, 0.15) is 0 Å². The molecule has 2 rings (SSSR count). The van der Waals surface area contributed by atoms with Crippen LogP contribution in [0, 0.1) is 6.92 Å². The fourth-order valence-corrected chi connectivity index (χ4v) is 5.46. The van der Waals surface area contributed by atoms with Gasteiger partial charge in [-0.3, -0.25) is 0 Å². The van der Waals surface area contributed by atoms with Gasteiger partial charge >= 0.3 is 0 Å². The second-order valence-electron chi connectivity index (χ2n) is 6.03. The second-order valence-corrected chi connectivity index (χ2v) is 7.85. The van der Waals surface area contributed by atoms with Crippen LogP contribution >= 0.6 is 0 Å². The number of nitrogens with zero attached hydrogens (tertiary/aromatic N) is 1. The van der Waals surface area contributed by atoms with Crippen LogP contribution in [0.3, 0.4) is 0 Å². The molecular formula is C16H26N2O2S. The van der Waals surface area contributed by atoms with Gasteiger partial charge in [0.25, 0.3) is 0 Å². The van der Waals surface area contributed by atoms with Gasteiger partial charge in [-0.05, 0) is 57.9 Å². The maximum absolute atomic E-state index is 13.1. The van der Waals surface area contributed by atoms with Crippen molar-refractivity contribution in [2.24, 2.45) is 0 Å². The molecule has 0 saturated carbocycles. The van der Waals surface area contributed by atoms with Crippen LogP contribution in [0.5, 0.6) is 0 Å². The number of sulfonamides is 1. The zero-order valence-electron chi connectivity index (χ0n) is 13.4. The van der Waals surface area contributed by atoms with E-state index in [-0.39, 0.29) is 12.1 Å². The van der Waals surface area contributed by atoms with Crippen LogP contribution < -0.4 is 5.32 Å². The van der Waals surface area contributed by atoms with Gasteiger partial charge in [0.05, 0.1) is 4.90 Å². The van der Waals surface area contributed by atoms with Gasteiger partial charge in [-0.1, -0.05) is 18.6 Å². The van der Waals surface area contributed by atoms with Crippen molar-refractivity contribution in [3.8, 4) is 0 Å². The molecule has 0 bridgehead atoms. The Hall–Kier alpha value is -0.910. The monoisotopic (exact) mass is 310 g/mol. The first-order valence-corrected chi connectivity index (χ1v) is 9.10. The van der Waals surface area contributed by atoms with E-state index in [1.807, 2.05) is 40.0 Å². The summed E-state index contributed by atoms with van der Waals surface area (Å²) in [5, 5.41) is 3.09. The highest BCUT2D eigenvalue weighted by molar-refractivity contribution is 7.89. The molecule has 1 aromatic carbocycles. The molecule has 4 nitrogen and oxygen atoms in total. The zero-order chi connectivity index (χ0) is 15.6. The quantitative estimate of drug-likeness (QED) is 0.930. The van der Waals surface area contributed by atoms with Gasteiger partial charge in [-0.25, -0.2) is 8.42 Å². The van der Waals surface area contributed by atoms with Crippen molar-refractivity contribution in [2.75, 3.05) is 7.05 Å². The molecule has 1 aromatic rings. The van der Waals surface area contributed by atoms with Gasteiger partial charge in [0.15, 0.2) is 0 Å². The first kappa shape index (κ1) is 16.5. The Bertz CT molecular complexity index is 588. The lowest BCUT2D eigenvalue weighted by Crippen LogP contribution is -2.47. The molecule has 118 valence electrons. The highest BCUT2D eigenvalue weighted by atomic mass is 32.2. The molecule has 0 radical (unpaired) electrons. The Labute approximate surface area is 128 Å². The highest BCUT2D eigenvalue weighted by Gasteiger charge is 2.36. The molecule has 0 spiro atoms. The molecule has 1 fully saturated rings. The minimum Gasteiger partial charge on any atom is -0.316 e. The van der Waals surface area contributed by atoms with E-state index < -0.39 is 10.0 Å². The average Bonchev–Trinajstić information content (AvgIpc) is 2.40. The van der Waals surface area contributed by atoms with Gasteiger partial charge in [0, 0.05) is 18.6 Å². The third-order valence-corrected chi connectivity index (χ3v) is 6.70. The van der Waals surface area contributed by atoms with Crippen molar-refractivity contribution < 1.29 is 8.42 Å². The summed E-state index contributed by atoms with van der Waals surface area (Å²) in [6, 6.07) is 5.70. The Morgan fingerprint density at radius 3 is 2.43 bits per heavy atom. The van der Waals surface area contributed by atoms with Crippen LogP contribution in [-0.2, 0) is 16.6 Å². The molecule has 2 atom stereocenters. The van der Waals surface area contributed by atoms with E-state index in [4.69, 9.17) is 0 Å². The van der Waals surface area contributed by atoms with Crippen molar-refractivity contribution in [3.63, 3.8) is 0 Å². The van der Waals surface area contributed by atoms with E-state index in [0.29, 0.717) is 11.4 Å². The van der Waals surface area contributed by atoms with Gasteiger partial charge in [0.2, 0.25) is 10.0 Å². The van der Waals surface area contributed by atoms with E-state index in [2.05, 4.69) is 5.32 Å². The number of hydrogen-bond donors (Lipinski definition) is 1. The van der Waals surface area contributed by atoms with Gasteiger partial charge in [-0.15, -0.1) is 0 Å². The van der Waals surface area contributed by atoms with E-state index in [1.54, 1.807) is 10.4 Å². The smallest absolute Gasteiger partial charge is 0.243 e. The number of nitrogens with one attached hydrogen (secondary N) is 1. The average molecular weight is 310 g/mol.